The number of allylic oxidation sites excluding steroid dienone is 1. The van der Waals surface area contributed by atoms with Crippen LogP contribution in [-0.4, -0.2) is 108 Å². The van der Waals surface area contributed by atoms with Crippen molar-refractivity contribution in [1.29, 1.82) is 0 Å². The number of piperidine rings is 2. The van der Waals surface area contributed by atoms with E-state index in [4.69, 9.17) is 0 Å². The molecule has 2 fully saturated rings. The molecule has 2 saturated heterocycles. The monoisotopic (exact) mass is 837 g/mol. The summed E-state index contributed by atoms with van der Waals surface area (Å²) in [4.78, 5) is 40.2. The molecule has 2 N–H and O–H groups in total. The van der Waals surface area contributed by atoms with Crippen LogP contribution in [0.3, 0.4) is 0 Å². The lowest BCUT2D eigenvalue weighted by Gasteiger charge is -2.43. The Morgan fingerprint density at radius 1 is 0.918 bits per heavy atom. The summed E-state index contributed by atoms with van der Waals surface area (Å²) in [6.07, 6.45) is 4.70. The number of aromatic amines is 1. The summed E-state index contributed by atoms with van der Waals surface area (Å²) in [6, 6.07) is 13.3. The van der Waals surface area contributed by atoms with Crippen molar-refractivity contribution in [1.82, 2.24) is 29.9 Å². The van der Waals surface area contributed by atoms with Crippen LogP contribution < -0.4 is 10.2 Å². The number of benzene rings is 3. The number of para-hydroxylation sites is 1. The van der Waals surface area contributed by atoms with Crippen molar-refractivity contribution >= 4 is 28.4 Å². The van der Waals surface area contributed by atoms with Crippen LogP contribution in [0.1, 0.15) is 93.2 Å². The first-order valence-electron chi connectivity index (χ1n) is 21.8. The van der Waals surface area contributed by atoms with Gasteiger partial charge in [-0.25, -0.2) is 17.6 Å². The molecule has 1 aromatic heterocycles. The van der Waals surface area contributed by atoms with Crippen molar-refractivity contribution in [3.05, 3.63) is 124 Å². The van der Waals surface area contributed by atoms with Gasteiger partial charge in [-0.3, -0.25) is 24.3 Å². The molecule has 5 aliphatic heterocycles. The number of halogens is 4. The van der Waals surface area contributed by atoms with Gasteiger partial charge in [0.1, 0.15) is 11.6 Å². The van der Waals surface area contributed by atoms with Gasteiger partial charge in [-0.2, -0.15) is 0 Å². The zero-order valence-corrected chi connectivity index (χ0v) is 34.9. The Bertz CT molecular complexity index is 2280. The number of likely N-dealkylation sites (tertiary alicyclic amines) is 1. The molecule has 2 atom stereocenters. The van der Waals surface area contributed by atoms with Gasteiger partial charge in [-0.05, 0) is 111 Å². The van der Waals surface area contributed by atoms with E-state index in [-0.39, 0.29) is 23.9 Å². The summed E-state index contributed by atoms with van der Waals surface area (Å²) in [5, 5.41) is 3.98. The van der Waals surface area contributed by atoms with Gasteiger partial charge < -0.3 is 20.1 Å². The molecule has 9 nitrogen and oxygen atoms in total. The second-order valence-electron chi connectivity index (χ2n) is 17.6. The van der Waals surface area contributed by atoms with Crippen LogP contribution in [-0.2, 0) is 19.5 Å². The smallest absolute Gasteiger partial charge is 0.262 e. The molecular weight excluding hydrogens is 783 g/mol. The number of H-pyrrole nitrogens is 1. The zero-order chi connectivity index (χ0) is 42.5. The Morgan fingerprint density at radius 3 is 2.20 bits per heavy atom. The summed E-state index contributed by atoms with van der Waals surface area (Å²) in [7, 11) is 1.81. The molecule has 0 aliphatic carbocycles. The molecule has 4 aromatic rings. The maximum Gasteiger partial charge on any atom is 0.262 e. The van der Waals surface area contributed by atoms with Gasteiger partial charge in [0.05, 0.1) is 29.8 Å². The molecule has 0 saturated carbocycles. The number of aromatic nitrogens is 1. The third-order valence-electron chi connectivity index (χ3n) is 14.1. The Kier molecular flexibility index (Phi) is 11.6. The zero-order valence-electron chi connectivity index (χ0n) is 34.9. The fourth-order valence-electron chi connectivity index (χ4n) is 10.8. The summed E-state index contributed by atoms with van der Waals surface area (Å²) >= 11 is 0. The number of carbonyl (C=O) groups excluding carboxylic acids is 2. The number of hydrogen-bond donors (Lipinski definition) is 2. The van der Waals surface area contributed by atoms with Crippen LogP contribution in [0.5, 0.6) is 0 Å². The van der Waals surface area contributed by atoms with Gasteiger partial charge in [0.2, 0.25) is 0 Å². The standard InChI is InChI=1S/C48H55F4N7O2/c1-4-33(10-9-29(2)53-3)59-47(60)38-21-31-26-55(27-32(31)22-39(38)48(59)61)25-30-11-16-56(17-12-30)34-13-18-57(19-14-34)35-23-40(49)44(41(50)24-35)46-45-37(15-20-58(46)28-43(51)52)36-7-5-6-8-42(36)54-45/h4-8,21-24,30,33-34,43,46,53-54H,1-2,9-20,25-28H2,3H3/t33?,46-/m1/s1. The number of carbonyl (C=O) groups is 2. The Morgan fingerprint density at radius 2 is 1.57 bits per heavy atom. The predicted molar refractivity (Wildman–Crippen MR) is 230 cm³/mol. The Balaban J connectivity index is 0.783. The van der Waals surface area contributed by atoms with Gasteiger partial charge >= 0.3 is 0 Å². The van der Waals surface area contributed by atoms with Gasteiger partial charge in [-0.1, -0.05) is 30.9 Å². The van der Waals surface area contributed by atoms with Crippen LogP contribution in [0, 0.1) is 17.6 Å². The highest BCUT2D eigenvalue weighted by Gasteiger charge is 2.41. The van der Waals surface area contributed by atoms with E-state index < -0.39 is 36.7 Å². The largest absolute Gasteiger partial charge is 0.392 e. The molecule has 0 spiro atoms. The topological polar surface area (TPSA) is 78.2 Å². The number of alkyl halides is 2. The number of nitrogens with one attached hydrogen (secondary N) is 2. The van der Waals surface area contributed by atoms with E-state index in [1.165, 1.54) is 21.9 Å². The maximum absolute atomic E-state index is 16.2. The number of fused-ring (bicyclic) bond motifs is 5. The van der Waals surface area contributed by atoms with Crippen LogP contribution in [0.25, 0.3) is 10.9 Å². The first-order valence-corrected chi connectivity index (χ1v) is 21.8. The molecule has 5 aliphatic rings. The number of hydrogen-bond acceptors (Lipinski definition) is 7. The average molecular weight is 838 g/mol. The summed E-state index contributed by atoms with van der Waals surface area (Å²) in [5.74, 6) is -1.39. The van der Waals surface area contributed by atoms with E-state index in [1.807, 2.05) is 48.3 Å². The SMILES string of the molecule is C=CC(CCC(=C)NC)N1C(=O)c2cc3c(cc2C1=O)CN(CC1CCN(C2CCN(c4cc(F)c([C@@H]5c6[nH]c7ccccc7c6CCN5CC(F)F)c(F)c4)CC2)CC1)C3. The number of imide groups is 1. The lowest BCUT2D eigenvalue weighted by atomic mass is 9.91. The van der Waals surface area contributed by atoms with Gasteiger partial charge in [0, 0.05) is 85.9 Å². The van der Waals surface area contributed by atoms with Crippen LogP contribution in [0.15, 0.2) is 73.5 Å². The molecule has 0 radical (unpaired) electrons. The lowest BCUT2D eigenvalue weighted by molar-refractivity contribution is 0.0608. The summed E-state index contributed by atoms with van der Waals surface area (Å²) < 4.78 is 59.9. The van der Waals surface area contributed by atoms with E-state index in [0.29, 0.717) is 66.8 Å². The molecule has 0 bridgehead atoms. The number of anilines is 1. The van der Waals surface area contributed by atoms with Crippen molar-refractivity contribution in [2.24, 2.45) is 5.92 Å². The van der Waals surface area contributed by atoms with Crippen molar-refractivity contribution in [3.63, 3.8) is 0 Å². The van der Waals surface area contributed by atoms with Crippen LogP contribution in [0.4, 0.5) is 23.2 Å². The number of amides is 2. The predicted octanol–water partition coefficient (Wildman–Crippen LogP) is 8.02. The first kappa shape index (κ1) is 41.4. The fraction of sp³-hybridized carbons (Fsp3) is 0.458. The second-order valence-corrected chi connectivity index (χ2v) is 17.6. The van der Waals surface area contributed by atoms with E-state index in [0.717, 1.165) is 91.7 Å². The van der Waals surface area contributed by atoms with Crippen molar-refractivity contribution in [3.8, 4) is 0 Å². The normalized spacial score (nSPS) is 21.0. The van der Waals surface area contributed by atoms with E-state index in [9.17, 15) is 18.4 Å². The van der Waals surface area contributed by atoms with Crippen LogP contribution in [0.2, 0.25) is 0 Å². The van der Waals surface area contributed by atoms with E-state index >= 15 is 8.78 Å². The minimum Gasteiger partial charge on any atom is -0.392 e. The maximum atomic E-state index is 16.2. The summed E-state index contributed by atoms with van der Waals surface area (Å²) in [6.45, 7) is 13.4. The molecule has 322 valence electrons. The third-order valence-corrected chi connectivity index (χ3v) is 14.1. The highest BCUT2D eigenvalue weighted by molar-refractivity contribution is 6.22. The second kappa shape index (κ2) is 17.1. The van der Waals surface area contributed by atoms with Crippen LogP contribution >= 0.6 is 0 Å². The third kappa shape index (κ3) is 7.89. The number of rotatable bonds is 13. The van der Waals surface area contributed by atoms with E-state index in [1.54, 1.807) is 6.08 Å². The molecule has 13 heteroatoms. The minimum atomic E-state index is -2.64. The molecule has 61 heavy (non-hydrogen) atoms. The molecule has 6 heterocycles. The highest BCUT2D eigenvalue weighted by atomic mass is 19.3. The first-order chi connectivity index (χ1) is 29.5. The Labute approximate surface area is 355 Å². The minimum absolute atomic E-state index is 0.186. The lowest BCUT2D eigenvalue weighted by Crippen LogP contribution is -2.48. The molecule has 9 rings (SSSR count). The quantitative estimate of drug-likeness (QED) is 0.0803. The highest BCUT2D eigenvalue weighted by Crippen LogP contribution is 2.42. The van der Waals surface area contributed by atoms with E-state index in [2.05, 4.69) is 33.3 Å². The summed E-state index contributed by atoms with van der Waals surface area (Å²) in [5.41, 5.74) is 6.69. The average Bonchev–Trinajstić information content (AvgIpc) is 3.91. The van der Waals surface area contributed by atoms with Crippen molar-refractivity contribution in [2.75, 3.05) is 57.8 Å². The van der Waals surface area contributed by atoms with Crippen molar-refractivity contribution < 1.29 is 27.2 Å². The molecular formula is C48H55F4N7O2. The molecule has 2 amide bonds. The van der Waals surface area contributed by atoms with Gasteiger partial charge in [-0.15, -0.1) is 6.58 Å². The molecule has 1 unspecified atom stereocenters. The van der Waals surface area contributed by atoms with Gasteiger partial charge in [0.25, 0.3) is 18.2 Å². The Hall–Kier alpha value is -4.98. The number of nitrogens with zero attached hydrogens (tertiary/aromatic N) is 5. The van der Waals surface area contributed by atoms with Crippen molar-refractivity contribution in [2.45, 2.75) is 82.6 Å². The fourth-order valence-corrected chi connectivity index (χ4v) is 10.8. The molecule has 3 aromatic carbocycles. The van der Waals surface area contributed by atoms with Gasteiger partial charge in [0.15, 0.2) is 0 Å².